The zero-order valence-corrected chi connectivity index (χ0v) is 13.7. The average molecular weight is 286 g/mol. The molecule has 0 unspecified atom stereocenters. The SMILES string of the molecule is CCCCCCCCCCN[C@H](C)c1cccc(C#N)c1. The average Bonchev–Trinajstić information content (AvgIpc) is 2.53. The molecule has 0 saturated carbocycles. The first kappa shape index (κ1) is 17.7. The predicted molar refractivity (Wildman–Crippen MR) is 90.2 cm³/mol. The third kappa shape index (κ3) is 7.87. The molecule has 0 aliphatic rings. The molecule has 1 aromatic rings. The van der Waals surface area contributed by atoms with E-state index in [-0.39, 0.29) is 0 Å². The third-order valence-corrected chi connectivity index (χ3v) is 4.00. The van der Waals surface area contributed by atoms with E-state index in [1.165, 1.54) is 56.9 Å². The molecule has 0 saturated heterocycles. The molecule has 0 aliphatic carbocycles. The Balaban J connectivity index is 2.08. The van der Waals surface area contributed by atoms with Crippen LogP contribution >= 0.6 is 0 Å². The molecule has 0 radical (unpaired) electrons. The maximum Gasteiger partial charge on any atom is 0.0991 e. The summed E-state index contributed by atoms with van der Waals surface area (Å²) in [6.45, 7) is 5.49. The summed E-state index contributed by atoms with van der Waals surface area (Å²) in [5, 5.41) is 12.5. The van der Waals surface area contributed by atoms with Gasteiger partial charge in [0.25, 0.3) is 0 Å². The maximum atomic E-state index is 8.92. The van der Waals surface area contributed by atoms with Crippen LogP contribution in [0, 0.1) is 11.3 Å². The molecular weight excluding hydrogens is 256 g/mol. The van der Waals surface area contributed by atoms with Crippen LogP contribution < -0.4 is 5.32 Å². The van der Waals surface area contributed by atoms with Gasteiger partial charge in [0.2, 0.25) is 0 Å². The number of nitrogens with one attached hydrogen (secondary N) is 1. The summed E-state index contributed by atoms with van der Waals surface area (Å²) in [6, 6.07) is 10.4. The summed E-state index contributed by atoms with van der Waals surface area (Å²) in [5.41, 5.74) is 1.95. The summed E-state index contributed by atoms with van der Waals surface area (Å²) in [6.07, 6.45) is 10.8. The molecule has 0 amide bonds. The molecule has 0 bridgehead atoms. The van der Waals surface area contributed by atoms with Crippen LogP contribution in [0.25, 0.3) is 0 Å². The van der Waals surface area contributed by atoms with Crippen molar-refractivity contribution in [1.29, 1.82) is 5.26 Å². The highest BCUT2D eigenvalue weighted by Gasteiger charge is 2.04. The molecular formula is C19H30N2. The van der Waals surface area contributed by atoms with Crippen molar-refractivity contribution in [2.45, 2.75) is 71.3 Å². The Kier molecular flexibility index (Phi) is 9.57. The fourth-order valence-corrected chi connectivity index (χ4v) is 2.57. The fourth-order valence-electron chi connectivity index (χ4n) is 2.57. The number of hydrogen-bond donors (Lipinski definition) is 1. The monoisotopic (exact) mass is 286 g/mol. The Labute approximate surface area is 130 Å². The second-order valence-electron chi connectivity index (χ2n) is 5.89. The molecule has 1 rings (SSSR count). The van der Waals surface area contributed by atoms with Gasteiger partial charge in [-0.1, -0.05) is 64.0 Å². The van der Waals surface area contributed by atoms with E-state index < -0.39 is 0 Å². The lowest BCUT2D eigenvalue weighted by Crippen LogP contribution is -2.19. The van der Waals surface area contributed by atoms with E-state index in [1.54, 1.807) is 0 Å². The van der Waals surface area contributed by atoms with Gasteiger partial charge < -0.3 is 5.32 Å². The number of unbranched alkanes of at least 4 members (excludes halogenated alkanes) is 7. The lowest BCUT2D eigenvalue weighted by atomic mass is 10.1. The second-order valence-corrected chi connectivity index (χ2v) is 5.89. The zero-order chi connectivity index (χ0) is 15.3. The standard InChI is InChI=1S/C19H30N2/c1-3-4-5-6-7-8-9-10-14-21-17(2)19-13-11-12-18(15-19)16-20/h11-13,15,17,21H,3-10,14H2,1-2H3/t17-/m1/s1. The number of nitrogens with zero attached hydrogens (tertiary/aromatic N) is 1. The lowest BCUT2D eigenvalue weighted by Gasteiger charge is -2.14. The van der Waals surface area contributed by atoms with E-state index in [9.17, 15) is 0 Å². The third-order valence-electron chi connectivity index (χ3n) is 4.00. The van der Waals surface area contributed by atoms with Gasteiger partial charge in [0.1, 0.15) is 0 Å². The van der Waals surface area contributed by atoms with Crippen LogP contribution in [-0.4, -0.2) is 6.54 Å². The molecule has 2 heteroatoms. The minimum Gasteiger partial charge on any atom is -0.310 e. The topological polar surface area (TPSA) is 35.8 Å². The Hall–Kier alpha value is -1.33. The molecule has 21 heavy (non-hydrogen) atoms. The summed E-state index contributed by atoms with van der Waals surface area (Å²) in [4.78, 5) is 0. The van der Waals surface area contributed by atoms with Gasteiger partial charge in [-0.15, -0.1) is 0 Å². The number of hydrogen-bond acceptors (Lipinski definition) is 2. The quantitative estimate of drug-likeness (QED) is 0.557. The molecule has 1 aromatic carbocycles. The van der Waals surface area contributed by atoms with Crippen molar-refractivity contribution >= 4 is 0 Å². The van der Waals surface area contributed by atoms with Crippen molar-refractivity contribution in [2.24, 2.45) is 0 Å². The van der Waals surface area contributed by atoms with Gasteiger partial charge in [-0.2, -0.15) is 5.26 Å². The van der Waals surface area contributed by atoms with Gasteiger partial charge in [-0.3, -0.25) is 0 Å². The summed E-state index contributed by atoms with van der Waals surface area (Å²) >= 11 is 0. The molecule has 0 fully saturated rings. The van der Waals surface area contributed by atoms with E-state index in [2.05, 4.69) is 31.3 Å². The van der Waals surface area contributed by atoms with Gasteiger partial charge >= 0.3 is 0 Å². The fraction of sp³-hybridized carbons (Fsp3) is 0.632. The number of nitriles is 1. The first-order valence-corrected chi connectivity index (χ1v) is 8.51. The van der Waals surface area contributed by atoms with Crippen LogP contribution in [0.3, 0.4) is 0 Å². The van der Waals surface area contributed by atoms with Gasteiger partial charge in [0.15, 0.2) is 0 Å². The molecule has 2 nitrogen and oxygen atoms in total. The Bertz CT molecular complexity index is 420. The van der Waals surface area contributed by atoms with E-state index in [4.69, 9.17) is 5.26 Å². The molecule has 1 atom stereocenters. The number of rotatable bonds is 11. The number of benzene rings is 1. The van der Waals surface area contributed by atoms with Gasteiger partial charge in [0, 0.05) is 6.04 Å². The Morgan fingerprint density at radius 1 is 1.05 bits per heavy atom. The zero-order valence-electron chi connectivity index (χ0n) is 13.7. The first-order valence-electron chi connectivity index (χ1n) is 8.51. The molecule has 0 aliphatic heterocycles. The van der Waals surface area contributed by atoms with Crippen molar-refractivity contribution in [3.8, 4) is 6.07 Å². The van der Waals surface area contributed by atoms with E-state index in [0.717, 1.165) is 12.1 Å². The largest absolute Gasteiger partial charge is 0.310 e. The minimum absolute atomic E-state index is 0.322. The van der Waals surface area contributed by atoms with E-state index in [0.29, 0.717) is 6.04 Å². The highest BCUT2D eigenvalue weighted by atomic mass is 14.9. The molecule has 116 valence electrons. The molecule has 0 spiro atoms. The summed E-state index contributed by atoms with van der Waals surface area (Å²) < 4.78 is 0. The van der Waals surface area contributed by atoms with Gasteiger partial charge in [0.05, 0.1) is 11.6 Å². The van der Waals surface area contributed by atoms with Crippen molar-refractivity contribution in [2.75, 3.05) is 6.54 Å². The summed E-state index contributed by atoms with van der Waals surface area (Å²) in [5.74, 6) is 0. The molecule has 0 aromatic heterocycles. The lowest BCUT2D eigenvalue weighted by molar-refractivity contribution is 0.521. The molecule has 1 N–H and O–H groups in total. The van der Waals surface area contributed by atoms with Crippen molar-refractivity contribution < 1.29 is 0 Å². The summed E-state index contributed by atoms with van der Waals surface area (Å²) in [7, 11) is 0. The van der Waals surface area contributed by atoms with Gasteiger partial charge in [-0.05, 0) is 37.6 Å². The smallest absolute Gasteiger partial charge is 0.0991 e. The Morgan fingerprint density at radius 3 is 2.38 bits per heavy atom. The maximum absolute atomic E-state index is 8.92. The predicted octanol–water partition coefficient (Wildman–Crippen LogP) is 5.35. The highest BCUT2D eigenvalue weighted by Crippen LogP contribution is 2.14. The van der Waals surface area contributed by atoms with Crippen molar-refractivity contribution in [1.82, 2.24) is 5.32 Å². The van der Waals surface area contributed by atoms with Gasteiger partial charge in [-0.25, -0.2) is 0 Å². The van der Waals surface area contributed by atoms with Crippen LogP contribution in [0.15, 0.2) is 24.3 Å². The normalized spacial score (nSPS) is 12.0. The van der Waals surface area contributed by atoms with Crippen LogP contribution in [0.4, 0.5) is 0 Å². The van der Waals surface area contributed by atoms with E-state index in [1.807, 2.05) is 18.2 Å². The minimum atomic E-state index is 0.322. The van der Waals surface area contributed by atoms with E-state index >= 15 is 0 Å². The van der Waals surface area contributed by atoms with Crippen LogP contribution in [-0.2, 0) is 0 Å². The molecule has 0 heterocycles. The van der Waals surface area contributed by atoms with Crippen molar-refractivity contribution in [3.63, 3.8) is 0 Å². The highest BCUT2D eigenvalue weighted by molar-refractivity contribution is 5.33. The van der Waals surface area contributed by atoms with Crippen LogP contribution in [0.2, 0.25) is 0 Å². The van der Waals surface area contributed by atoms with Crippen LogP contribution in [0.5, 0.6) is 0 Å². The first-order chi connectivity index (χ1) is 10.3. The Morgan fingerprint density at radius 2 is 1.71 bits per heavy atom. The van der Waals surface area contributed by atoms with Crippen molar-refractivity contribution in [3.05, 3.63) is 35.4 Å². The second kappa shape index (κ2) is 11.3. The van der Waals surface area contributed by atoms with Crippen LogP contribution in [0.1, 0.15) is 82.4 Å².